The van der Waals surface area contributed by atoms with Crippen LogP contribution in [0.25, 0.3) is 0 Å². The summed E-state index contributed by atoms with van der Waals surface area (Å²) in [6.07, 6.45) is 0. The first-order valence-electron chi connectivity index (χ1n) is 6.20. The van der Waals surface area contributed by atoms with Crippen LogP contribution >= 0.6 is 0 Å². The van der Waals surface area contributed by atoms with Crippen LogP contribution in [0.3, 0.4) is 0 Å². The van der Waals surface area contributed by atoms with Gasteiger partial charge in [-0.2, -0.15) is 0 Å². The number of nitro groups is 1. The highest BCUT2D eigenvalue weighted by atomic mass is 19.1. The normalized spacial score (nSPS) is 9.48. The Morgan fingerprint density at radius 2 is 1.52 bits per heavy atom. The number of hydrogen-bond donors (Lipinski definition) is 2. The second-order valence-electron chi connectivity index (χ2n) is 4.33. The largest absolute Gasteiger partial charge is 0.478 e. The van der Waals surface area contributed by atoms with Crippen LogP contribution in [0.5, 0.6) is 0 Å². The van der Waals surface area contributed by atoms with Gasteiger partial charge < -0.3 is 10.2 Å². The number of halogens is 1. The van der Waals surface area contributed by atoms with Crippen LogP contribution in [0.4, 0.5) is 10.1 Å². The van der Waals surface area contributed by atoms with Gasteiger partial charge in [-0.1, -0.05) is 12.1 Å². The minimum atomic E-state index is -1.11. The van der Waals surface area contributed by atoms with E-state index in [1.54, 1.807) is 0 Å². The predicted octanol–water partition coefficient (Wildman–Crippen LogP) is 3.13. The number of nitro benzene ring substituents is 1. The van der Waals surface area contributed by atoms with Gasteiger partial charge in [0.25, 0.3) is 5.69 Å². The highest BCUT2D eigenvalue weighted by Crippen LogP contribution is 2.13. The molecule has 0 bridgehead atoms. The maximum Gasteiger partial charge on any atom is 0.335 e. The molecule has 0 saturated heterocycles. The average Bonchev–Trinajstić information content (AvgIpc) is 2.47. The van der Waals surface area contributed by atoms with Gasteiger partial charge in [0, 0.05) is 6.07 Å². The van der Waals surface area contributed by atoms with Gasteiger partial charge in [0.2, 0.25) is 0 Å². The van der Waals surface area contributed by atoms with E-state index in [0.717, 1.165) is 12.1 Å². The molecule has 7 nitrogen and oxygen atoms in total. The second-order valence-corrected chi connectivity index (χ2v) is 4.33. The number of non-ortho nitro benzene ring substituents is 1. The number of carbonyl (C=O) groups is 2. The van der Waals surface area contributed by atoms with Gasteiger partial charge in [-0.15, -0.1) is 0 Å². The molecule has 2 rings (SSSR count). The number of nitrogens with zero attached hydrogens (tertiary/aromatic N) is 1. The van der Waals surface area contributed by atoms with Gasteiger partial charge in [0.15, 0.2) is 0 Å². The quantitative estimate of drug-likeness (QED) is 0.662. The SMILES string of the molecule is Cc1c(C(=O)O)cccc1C(=O)O.O=[N+]([O-])c1cccc(F)c1. The molecule has 0 atom stereocenters. The Kier molecular flexibility index (Phi) is 5.90. The zero-order valence-electron chi connectivity index (χ0n) is 11.9. The fourth-order valence-corrected chi connectivity index (χ4v) is 1.69. The van der Waals surface area contributed by atoms with Gasteiger partial charge in [0.1, 0.15) is 5.82 Å². The molecule has 0 amide bonds. The van der Waals surface area contributed by atoms with E-state index >= 15 is 0 Å². The van der Waals surface area contributed by atoms with Crippen LogP contribution in [0.1, 0.15) is 26.3 Å². The Morgan fingerprint density at radius 3 is 1.87 bits per heavy atom. The van der Waals surface area contributed by atoms with Crippen molar-refractivity contribution in [2.45, 2.75) is 6.92 Å². The van der Waals surface area contributed by atoms with Crippen LogP contribution in [-0.4, -0.2) is 27.1 Å². The minimum absolute atomic E-state index is 0.0277. The van der Waals surface area contributed by atoms with Gasteiger partial charge in [-0.25, -0.2) is 14.0 Å². The highest BCUT2D eigenvalue weighted by molar-refractivity contribution is 5.96. The first-order chi connectivity index (χ1) is 10.7. The lowest BCUT2D eigenvalue weighted by Crippen LogP contribution is -2.06. The molecule has 8 heteroatoms. The molecule has 0 heterocycles. The molecule has 0 aliphatic heterocycles. The topological polar surface area (TPSA) is 118 Å². The van der Waals surface area contributed by atoms with Gasteiger partial charge in [0.05, 0.1) is 22.1 Å². The molecule has 2 aromatic rings. The van der Waals surface area contributed by atoms with Gasteiger partial charge in [-0.3, -0.25) is 10.1 Å². The second kappa shape index (κ2) is 7.64. The fourth-order valence-electron chi connectivity index (χ4n) is 1.69. The lowest BCUT2D eigenvalue weighted by atomic mass is 10.0. The molecule has 0 radical (unpaired) electrons. The Hall–Kier alpha value is -3.29. The Bertz CT molecular complexity index is 727. The first kappa shape index (κ1) is 17.8. The molecule has 0 spiro atoms. The van der Waals surface area contributed by atoms with E-state index in [4.69, 9.17) is 10.2 Å². The van der Waals surface area contributed by atoms with E-state index in [9.17, 15) is 24.1 Å². The molecule has 0 saturated carbocycles. The van der Waals surface area contributed by atoms with Crippen LogP contribution < -0.4 is 0 Å². The summed E-state index contributed by atoms with van der Waals surface area (Å²) in [5.41, 5.74) is 0.113. The zero-order valence-corrected chi connectivity index (χ0v) is 11.9. The van der Waals surface area contributed by atoms with Crippen LogP contribution in [0.15, 0.2) is 42.5 Å². The summed E-state index contributed by atoms with van der Waals surface area (Å²) in [5, 5.41) is 27.3. The molecule has 120 valence electrons. The summed E-state index contributed by atoms with van der Waals surface area (Å²) in [4.78, 5) is 30.6. The lowest BCUT2D eigenvalue weighted by molar-refractivity contribution is -0.385. The third-order valence-electron chi connectivity index (χ3n) is 2.81. The monoisotopic (exact) mass is 321 g/mol. The molecule has 2 aromatic carbocycles. The Labute approximate surface area is 129 Å². The molecular formula is C15H12FNO6. The summed E-state index contributed by atoms with van der Waals surface area (Å²) in [5.74, 6) is -2.81. The summed E-state index contributed by atoms with van der Waals surface area (Å²) >= 11 is 0. The number of carboxylic acids is 2. The third kappa shape index (κ3) is 4.88. The van der Waals surface area contributed by atoms with Gasteiger partial charge >= 0.3 is 11.9 Å². The summed E-state index contributed by atoms with van der Waals surface area (Å²) < 4.78 is 12.2. The molecular weight excluding hydrogens is 309 g/mol. The number of carboxylic acid groups (broad SMARTS) is 2. The number of hydrogen-bond acceptors (Lipinski definition) is 4. The molecule has 0 aliphatic carbocycles. The van der Waals surface area contributed by atoms with Crippen LogP contribution in [-0.2, 0) is 0 Å². The summed E-state index contributed by atoms with van der Waals surface area (Å²) in [6.45, 7) is 1.48. The summed E-state index contributed by atoms with van der Waals surface area (Å²) in [7, 11) is 0. The van der Waals surface area contributed by atoms with Crippen LogP contribution in [0.2, 0.25) is 0 Å². The Morgan fingerprint density at radius 1 is 1.04 bits per heavy atom. The highest BCUT2D eigenvalue weighted by Gasteiger charge is 2.13. The van der Waals surface area contributed by atoms with Crippen molar-refractivity contribution in [3.8, 4) is 0 Å². The summed E-state index contributed by atoms with van der Waals surface area (Å²) in [6, 6.07) is 8.75. The van der Waals surface area contributed by atoms with Crippen molar-refractivity contribution in [2.75, 3.05) is 0 Å². The number of benzene rings is 2. The zero-order chi connectivity index (χ0) is 17.6. The molecule has 0 aromatic heterocycles. The van der Waals surface area contributed by atoms with Crippen molar-refractivity contribution in [1.82, 2.24) is 0 Å². The molecule has 2 N–H and O–H groups in total. The predicted molar refractivity (Wildman–Crippen MR) is 78.2 cm³/mol. The van der Waals surface area contributed by atoms with E-state index in [1.807, 2.05) is 0 Å². The van der Waals surface area contributed by atoms with E-state index in [2.05, 4.69) is 0 Å². The van der Waals surface area contributed by atoms with Crippen molar-refractivity contribution in [3.05, 3.63) is 75.1 Å². The van der Waals surface area contributed by atoms with E-state index in [1.165, 1.54) is 37.3 Å². The maximum atomic E-state index is 12.2. The van der Waals surface area contributed by atoms with Crippen molar-refractivity contribution in [1.29, 1.82) is 0 Å². The minimum Gasteiger partial charge on any atom is -0.478 e. The Balaban J connectivity index is 0.000000238. The number of rotatable bonds is 3. The van der Waals surface area contributed by atoms with Crippen molar-refractivity contribution >= 4 is 17.6 Å². The molecule has 0 fully saturated rings. The van der Waals surface area contributed by atoms with Crippen molar-refractivity contribution in [2.24, 2.45) is 0 Å². The smallest absolute Gasteiger partial charge is 0.335 e. The van der Waals surface area contributed by atoms with E-state index in [-0.39, 0.29) is 22.4 Å². The standard InChI is InChI=1S/C9H8O4.C6H4FNO2/c1-5-6(8(10)11)3-2-4-7(5)9(12)13;7-5-2-1-3-6(4-5)8(9)10/h2-4H,1H3,(H,10,11)(H,12,13);1-4H. The average molecular weight is 321 g/mol. The number of aromatic carboxylic acids is 2. The first-order valence-corrected chi connectivity index (χ1v) is 6.20. The third-order valence-corrected chi connectivity index (χ3v) is 2.81. The van der Waals surface area contributed by atoms with Gasteiger partial charge in [-0.05, 0) is 30.7 Å². The van der Waals surface area contributed by atoms with E-state index in [0.29, 0.717) is 0 Å². The van der Waals surface area contributed by atoms with Crippen molar-refractivity contribution in [3.63, 3.8) is 0 Å². The lowest BCUT2D eigenvalue weighted by Gasteiger charge is -2.03. The molecule has 0 aliphatic rings. The maximum absolute atomic E-state index is 12.2. The van der Waals surface area contributed by atoms with Crippen molar-refractivity contribution < 1.29 is 29.1 Å². The molecule has 0 unspecified atom stereocenters. The molecule has 23 heavy (non-hydrogen) atoms. The van der Waals surface area contributed by atoms with E-state index < -0.39 is 22.7 Å². The van der Waals surface area contributed by atoms with Crippen LogP contribution in [0, 0.1) is 22.9 Å². The fraction of sp³-hybridized carbons (Fsp3) is 0.0667.